The van der Waals surface area contributed by atoms with Crippen LogP contribution >= 0.6 is 0 Å². The minimum atomic E-state index is 0.395. The maximum Gasteiger partial charge on any atom is 0.0462 e. The molecule has 0 radical (unpaired) electrons. The molecule has 0 spiro atoms. The van der Waals surface area contributed by atoms with E-state index in [1.165, 1.54) is 38.5 Å². The molecule has 2 nitrogen and oxygen atoms in total. The van der Waals surface area contributed by atoms with E-state index in [1.807, 2.05) is 0 Å². The highest BCUT2D eigenvalue weighted by Gasteiger charge is 2.29. The fraction of sp³-hybridized carbons (Fsp3) is 1.00. The topological polar surface area (TPSA) is 32.3 Å². The van der Waals surface area contributed by atoms with Gasteiger partial charge >= 0.3 is 0 Å². The summed E-state index contributed by atoms with van der Waals surface area (Å²) < 4.78 is 0. The van der Waals surface area contributed by atoms with Crippen LogP contribution in [-0.2, 0) is 0 Å². The molecule has 4 atom stereocenters. The molecule has 0 aromatic carbocycles. The summed E-state index contributed by atoms with van der Waals surface area (Å²) in [5.41, 5.74) is 0. The molecule has 2 aliphatic carbocycles. The van der Waals surface area contributed by atoms with Crippen LogP contribution in [0, 0.1) is 17.8 Å². The average molecular weight is 211 g/mol. The minimum absolute atomic E-state index is 0.395. The first-order chi connectivity index (χ1) is 7.31. The molecule has 2 N–H and O–H groups in total. The van der Waals surface area contributed by atoms with Crippen molar-refractivity contribution in [2.24, 2.45) is 17.8 Å². The van der Waals surface area contributed by atoms with Gasteiger partial charge in [-0.2, -0.15) is 0 Å². The number of aliphatic hydroxyl groups is 1. The molecule has 0 aromatic heterocycles. The van der Waals surface area contributed by atoms with Crippen LogP contribution in [0.4, 0.5) is 0 Å². The Kier molecular flexibility index (Phi) is 4.04. The number of rotatable bonds is 4. The van der Waals surface area contributed by atoms with Gasteiger partial charge in [-0.05, 0) is 50.0 Å². The highest BCUT2D eigenvalue weighted by molar-refractivity contribution is 4.84. The van der Waals surface area contributed by atoms with Crippen molar-refractivity contribution in [1.82, 2.24) is 5.32 Å². The van der Waals surface area contributed by atoms with Crippen molar-refractivity contribution in [2.45, 2.75) is 51.5 Å². The van der Waals surface area contributed by atoms with Crippen molar-refractivity contribution in [3.63, 3.8) is 0 Å². The molecular formula is C13H25NO. The molecular weight excluding hydrogens is 186 g/mol. The van der Waals surface area contributed by atoms with Crippen molar-refractivity contribution in [1.29, 1.82) is 0 Å². The van der Waals surface area contributed by atoms with Crippen LogP contribution in [0.3, 0.4) is 0 Å². The van der Waals surface area contributed by atoms with Gasteiger partial charge in [-0.15, -0.1) is 0 Å². The number of hydrogen-bond acceptors (Lipinski definition) is 2. The second kappa shape index (κ2) is 5.31. The van der Waals surface area contributed by atoms with Gasteiger partial charge in [0.1, 0.15) is 0 Å². The van der Waals surface area contributed by atoms with Crippen LogP contribution in [0.2, 0.25) is 0 Å². The van der Waals surface area contributed by atoms with Gasteiger partial charge in [0.2, 0.25) is 0 Å². The van der Waals surface area contributed by atoms with Crippen molar-refractivity contribution in [3.8, 4) is 0 Å². The van der Waals surface area contributed by atoms with Crippen LogP contribution < -0.4 is 5.32 Å². The van der Waals surface area contributed by atoms with Crippen LogP contribution in [0.15, 0.2) is 0 Å². The molecule has 2 aliphatic rings. The van der Waals surface area contributed by atoms with Crippen molar-refractivity contribution >= 4 is 0 Å². The van der Waals surface area contributed by atoms with Crippen LogP contribution in [0.1, 0.15) is 45.4 Å². The molecule has 0 amide bonds. The van der Waals surface area contributed by atoms with Gasteiger partial charge in [-0.1, -0.05) is 19.8 Å². The Bertz CT molecular complexity index is 195. The Morgan fingerprint density at radius 2 is 1.80 bits per heavy atom. The molecule has 0 heterocycles. The Morgan fingerprint density at radius 3 is 2.47 bits per heavy atom. The van der Waals surface area contributed by atoms with E-state index in [2.05, 4.69) is 12.2 Å². The van der Waals surface area contributed by atoms with E-state index in [1.54, 1.807) is 0 Å². The zero-order valence-corrected chi connectivity index (χ0v) is 9.91. The van der Waals surface area contributed by atoms with Gasteiger partial charge in [0.05, 0.1) is 0 Å². The molecule has 2 fully saturated rings. The molecule has 2 saturated carbocycles. The summed E-state index contributed by atoms with van der Waals surface area (Å²) in [5, 5.41) is 13.0. The maximum atomic E-state index is 9.25. The van der Waals surface area contributed by atoms with E-state index in [-0.39, 0.29) is 0 Å². The summed E-state index contributed by atoms with van der Waals surface area (Å²) in [6.45, 7) is 3.90. The summed E-state index contributed by atoms with van der Waals surface area (Å²) in [4.78, 5) is 0. The first kappa shape index (κ1) is 11.4. The van der Waals surface area contributed by atoms with Crippen LogP contribution in [0.25, 0.3) is 0 Å². The quantitative estimate of drug-likeness (QED) is 0.747. The highest BCUT2D eigenvalue weighted by Crippen LogP contribution is 2.32. The van der Waals surface area contributed by atoms with Crippen LogP contribution in [-0.4, -0.2) is 24.3 Å². The maximum absolute atomic E-state index is 9.25. The summed E-state index contributed by atoms with van der Waals surface area (Å²) >= 11 is 0. The molecule has 0 bridgehead atoms. The van der Waals surface area contributed by atoms with E-state index < -0.39 is 0 Å². The second-order valence-electron chi connectivity index (χ2n) is 5.56. The molecule has 0 aromatic rings. The van der Waals surface area contributed by atoms with Gasteiger partial charge in [-0.3, -0.25) is 0 Å². The van der Waals surface area contributed by atoms with E-state index in [0.717, 1.165) is 24.4 Å². The van der Waals surface area contributed by atoms with Crippen molar-refractivity contribution in [3.05, 3.63) is 0 Å². The van der Waals surface area contributed by atoms with E-state index in [0.29, 0.717) is 12.5 Å². The Labute approximate surface area is 93.5 Å². The molecule has 88 valence electrons. The summed E-state index contributed by atoms with van der Waals surface area (Å²) in [5.74, 6) is 2.18. The number of nitrogens with one attached hydrogen (secondary N) is 1. The number of hydrogen-bond donors (Lipinski definition) is 2. The highest BCUT2D eigenvalue weighted by atomic mass is 16.3. The first-order valence-corrected chi connectivity index (χ1v) is 6.65. The normalized spacial score (nSPS) is 41.2. The fourth-order valence-corrected chi connectivity index (χ4v) is 3.37. The molecule has 15 heavy (non-hydrogen) atoms. The Hall–Kier alpha value is -0.0800. The van der Waals surface area contributed by atoms with Crippen LogP contribution in [0.5, 0.6) is 0 Å². The van der Waals surface area contributed by atoms with E-state index in [4.69, 9.17) is 0 Å². The largest absolute Gasteiger partial charge is 0.396 e. The SMILES string of the molecule is CC1CCCC1NCC1CCCC1CO. The predicted octanol–water partition coefficient (Wildman–Crippen LogP) is 2.17. The monoisotopic (exact) mass is 211 g/mol. The third-order valence-corrected chi connectivity index (χ3v) is 4.55. The third kappa shape index (κ3) is 2.73. The minimum Gasteiger partial charge on any atom is -0.396 e. The summed E-state index contributed by atoms with van der Waals surface area (Å²) in [6, 6.07) is 0.755. The molecule has 0 saturated heterocycles. The number of aliphatic hydroxyl groups excluding tert-OH is 1. The lowest BCUT2D eigenvalue weighted by atomic mass is 9.96. The third-order valence-electron chi connectivity index (χ3n) is 4.55. The average Bonchev–Trinajstić information content (AvgIpc) is 2.83. The van der Waals surface area contributed by atoms with E-state index >= 15 is 0 Å². The zero-order valence-electron chi connectivity index (χ0n) is 9.91. The molecule has 0 aliphatic heterocycles. The van der Waals surface area contributed by atoms with Gasteiger partial charge < -0.3 is 10.4 Å². The van der Waals surface area contributed by atoms with Gasteiger partial charge in [0, 0.05) is 12.6 Å². The summed E-state index contributed by atoms with van der Waals surface area (Å²) in [7, 11) is 0. The molecule has 2 heteroatoms. The lowest BCUT2D eigenvalue weighted by molar-refractivity contribution is 0.188. The standard InChI is InChI=1S/C13H25NO/c1-10-4-2-7-13(10)14-8-11-5-3-6-12(11)9-15/h10-15H,2-9H2,1H3. The first-order valence-electron chi connectivity index (χ1n) is 6.65. The van der Waals surface area contributed by atoms with Crippen molar-refractivity contribution < 1.29 is 5.11 Å². The fourth-order valence-electron chi connectivity index (χ4n) is 3.37. The molecule has 4 unspecified atom stereocenters. The van der Waals surface area contributed by atoms with Gasteiger partial charge in [0.25, 0.3) is 0 Å². The lowest BCUT2D eigenvalue weighted by Gasteiger charge is -2.23. The Balaban J connectivity index is 1.72. The smallest absolute Gasteiger partial charge is 0.0462 e. The van der Waals surface area contributed by atoms with E-state index in [9.17, 15) is 5.11 Å². The zero-order chi connectivity index (χ0) is 10.7. The Morgan fingerprint density at radius 1 is 1.07 bits per heavy atom. The predicted molar refractivity (Wildman–Crippen MR) is 62.7 cm³/mol. The van der Waals surface area contributed by atoms with Gasteiger partial charge in [-0.25, -0.2) is 0 Å². The van der Waals surface area contributed by atoms with Crippen molar-refractivity contribution in [2.75, 3.05) is 13.2 Å². The lowest BCUT2D eigenvalue weighted by Crippen LogP contribution is -2.36. The second-order valence-corrected chi connectivity index (χ2v) is 5.56. The molecule has 2 rings (SSSR count). The van der Waals surface area contributed by atoms with Gasteiger partial charge in [0.15, 0.2) is 0 Å². The summed E-state index contributed by atoms with van der Waals surface area (Å²) in [6.07, 6.45) is 8.02.